The Balaban J connectivity index is 1.23. The second kappa shape index (κ2) is 9.67. The molecule has 168 valence electrons. The minimum atomic E-state index is -3.39. The third-order valence-corrected chi connectivity index (χ3v) is 7.66. The van der Waals surface area contributed by atoms with Crippen molar-refractivity contribution in [3.05, 3.63) is 78.1 Å². The van der Waals surface area contributed by atoms with E-state index in [9.17, 15) is 17.6 Å². The molecule has 0 aromatic heterocycles. The Hall–Kier alpha value is -2.97. The van der Waals surface area contributed by atoms with Crippen LogP contribution in [0, 0.1) is 5.82 Å². The lowest BCUT2D eigenvalue weighted by Crippen LogP contribution is -2.49. The summed E-state index contributed by atoms with van der Waals surface area (Å²) in [6.07, 6.45) is 0.347. The second-order valence-electron chi connectivity index (χ2n) is 7.85. The number of carbonyl (C=O) groups is 1. The molecule has 1 amide bonds. The number of carbonyl (C=O) groups excluding carboxylic acids is 1. The van der Waals surface area contributed by atoms with Crippen molar-refractivity contribution in [2.45, 2.75) is 6.42 Å². The molecule has 1 heterocycles. The molecule has 0 atom stereocenters. The number of nitrogens with zero attached hydrogens (tertiary/aromatic N) is 2. The van der Waals surface area contributed by atoms with E-state index in [1.807, 2.05) is 36.4 Å². The molecule has 1 fully saturated rings. The van der Waals surface area contributed by atoms with Gasteiger partial charge in [0.25, 0.3) is 5.91 Å². The summed E-state index contributed by atoms with van der Waals surface area (Å²) in [5, 5.41) is 4.86. The van der Waals surface area contributed by atoms with Crippen molar-refractivity contribution in [2.24, 2.45) is 0 Å². The van der Waals surface area contributed by atoms with Crippen molar-refractivity contribution in [3.8, 4) is 0 Å². The number of nitrogens with one attached hydrogen (secondary N) is 1. The number of amides is 1. The SMILES string of the molecule is O=C(NCCCS(=O)(=O)N1CCN(c2ccc(F)cc2)CC1)c1ccc2ccccc2c1. The number of anilines is 1. The van der Waals surface area contributed by atoms with Crippen LogP contribution in [0.5, 0.6) is 0 Å². The number of halogens is 1. The highest BCUT2D eigenvalue weighted by atomic mass is 32.2. The molecule has 1 saturated heterocycles. The molecule has 8 heteroatoms. The standard InChI is InChI=1S/C24H26FN3O3S/c25-22-8-10-23(11-9-22)27-13-15-28(16-14-27)32(30,31)17-3-12-26-24(29)21-7-6-19-4-1-2-5-20(19)18-21/h1-2,4-11,18H,3,12-17H2,(H,26,29). The fraction of sp³-hybridized carbons (Fsp3) is 0.292. The number of piperazine rings is 1. The average Bonchev–Trinajstić information content (AvgIpc) is 2.82. The largest absolute Gasteiger partial charge is 0.369 e. The van der Waals surface area contributed by atoms with Crippen LogP contribution in [0.15, 0.2) is 66.7 Å². The molecule has 3 aromatic rings. The minimum absolute atomic E-state index is 0.0124. The van der Waals surface area contributed by atoms with Crippen LogP contribution in [0.4, 0.5) is 10.1 Å². The summed E-state index contributed by atoms with van der Waals surface area (Å²) in [5.74, 6) is -0.509. The van der Waals surface area contributed by atoms with Crippen LogP contribution in [0.2, 0.25) is 0 Å². The number of benzene rings is 3. The van der Waals surface area contributed by atoms with Crippen LogP contribution in [-0.2, 0) is 10.0 Å². The molecule has 0 aliphatic carbocycles. The molecule has 0 saturated carbocycles. The molecule has 0 unspecified atom stereocenters. The van der Waals surface area contributed by atoms with Gasteiger partial charge in [0.15, 0.2) is 0 Å². The second-order valence-corrected chi connectivity index (χ2v) is 9.94. The highest BCUT2D eigenvalue weighted by molar-refractivity contribution is 7.89. The zero-order valence-corrected chi connectivity index (χ0v) is 18.5. The molecular weight excluding hydrogens is 429 g/mol. The molecule has 1 N–H and O–H groups in total. The van der Waals surface area contributed by atoms with Crippen LogP contribution in [0.25, 0.3) is 10.8 Å². The first-order valence-corrected chi connectivity index (χ1v) is 12.3. The molecule has 0 bridgehead atoms. The van der Waals surface area contributed by atoms with Crippen LogP contribution < -0.4 is 10.2 Å². The number of sulfonamides is 1. The Morgan fingerprint density at radius 3 is 2.31 bits per heavy atom. The molecule has 32 heavy (non-hydrogen) atoms. The third-order valence-electron chi connectivity index (χ3n) is 5.70. The van der Waals surface area contributed by atoms with E-state index in [-0.39, 0.29) is 17.5 Å². The molecule has 4 rings (SSSR count). The summed E-state index contributed by atoms with van der Waals surface area (Å²) >= 11 is 0. The van der Waals surface area contributed by atoms with Gasteiger partial charge in [0.2, 0.25) is 10.0 Å². The average molecular weight is 456 g/mol. The lowest BCUT2D eigenvalue weighted by Gasteiger charge is -2.35. The fourth-order valence-electron chi connectivity index (χ4n) is 3.89. The molecule has 1 aliphatic heterocycles. The minimum Gasteiger partial charge on any atom is -0.369 e. The molecule has 1 aliphatic rings. The van der Waals surface area contributed by atoms with Gasteiger partial charge in [-0.25, -0.2) is 12.8 Å². The van der Waals surface area contributed by atoms with E-state index in [0.29, 0.717) is 44.7 Å². The predicted molar refractivity (Wildman–Crippen MR) is 125 cm³/mol. The lowest BCUT2D eigenvalue weighted by atomic mass is 10.1. The summed E-state index contributed by atoms with van der Waals surface area (Å²) in [6.45, 7) is 2.19. The Bertz CT molecular complexity index is 1190. The van der Waals surface area contributed by atoms with Crippen molar-refractivity contribution < 1.29 is 17.6 Å². The van der Waals surface area contributed by atoms with Gasteiger partial charge in [-0.3, -0.25) is 4.79 Å². The molecule has 0 spiro atoms. The van der Waals surface area contributed by atoms with E-state index in [1.165, 1.54) is 16.4 Å². The highest BCUT2D eigenvalue weighted by Gasteiger charge is 2.26. The fourth-order valence-corrected chi connectivity index (χ4v) is 5.38. The third kappa shape index (κ3) is 5.26. The molecular formula is C24H26FN3O3S. The first-order valence-electron chi connectivity index (χ1n) is 10.7. The molecule has 6 nitrogen and oxygen atoms in total. The zero-order chi connectivity index (χ0) is 22.6. The van der Waals surface area contributed by atoms with Crippen molar-refractivity contribution in [3.63, 3.8) is 0 Å². The van der Waals surface area contributed by atoms with Crippen LogP contribution in [0.3, 0.4) is 0 Å². The summed E-state index contributed by atoms with van der Waals surface area (Å²) < 4.78 is 40.0. The van der Waals surface area contributed by atoms with Gasteiger partial charge in [-0.15, -0.1) is 0 Å². The smallest absolute Gasteiger partial charge is 0.251 e. The van der Waals surface area contributed by atoms with E-state index in [1.54, 1.807) is 18.2 Å². The summed E-state index contributed by atoms with van der Waals surface area (Å²) in [5.41, 5.74) is 1.45. The Labute approximate surface area is 187 Å². The maximum absolute atomic E-state index is 13.1. The predicted octanol–water partition coefficient (Wildman–Crippen LogP) is 3.25. The summed E-state index contributed by atoms with van der Waals surface area (Å²) in [7, 11) is -3.39. The normalized spacial score (nSPS) is 15.1. The first-order chi connectivity index (χ1) is 15.4. The van der Waals surface area contributed by atoms with E-state index < -0.39 is 10.0 Å². The van der Waals surface area contributed by atoms with Crippen molar-refractivity contribution in [1.29, 1.82) is 0 Å². The van der Waals surface area contributed by atoms with Crippen LogP contribution >= 0.6 is 0 Å². The van der Waals surface area contributed by atoms with Gasteiger partial charge in [0.1, 0.15) is 5.82 Å². The number of hydrogen-bond donors (Lipinski definition) is 1. The topological polar surface area (TPSA) is 69.7 Å². The van der Waals surface area contributed by atoms with Gasteiger partial charge >= 0.3 is 0 Å². The van der Waals surface area contributed by atoms with Gasteiger partial charge in [0.05, 0.1) is 5.75 Å². The van der Waals surface area contributed by atoms with Crippen molar-refractivity contribution in [1.82, 2.24) is 9.62 Å². The van der Waals surface area contributed by atoms with Gasteiger partial charge in [-0.2, -0.15) is 4.31 Å². The van der Waals surface area contributed by atoms with E-state index in [2.05, 4.69) is 10.2 Å². The van der Waals surface area contributed by atoms with Crippen molar-refractivity contribution >= 4 is 32.4 Å². The van der Waals surface area contributed by atoms with Gasteiger partial charge in [-0.1, -0.05) is 30.3 Å². The molecule has 3 aromatic carbocycles. The van der Waals surface area contributed by atoms with Gasteiger partial charge in [0, 0.05) is 44.0 Å². The Morgan fingerprint density at radius 2 is 1.59 bits per heavy atom. The number of fused-ring (bicyclic) bond motifs is 1. The van der Waals surface area contributed by atoms with Crippen LogP contribution in [0.1, 0.15) is 16.8 Å². The Morgan fingerprint density at radius 1 is 0.906 bits per heavy atom. The van der Waals surface area contributed by atoms with E-state index in [0.717, 1.165) is 16.5 Å². The molecule has 0 radical (unpaired) electrons. The zero-order valence-electron chi connectivity index (χ0n) is 17.7. The number of hydrogen-bond acceptors (Lipinski definition) is 4. The summed E-state index contributed by atoms with van der Waals surface area (Å²) in [6, 6.07) is 19.6. The maximum atomic E-state index is 13.1. The summed E-state index contributed by atoms with van der Waals surface area (Å²) in [4.78, 5) is 14.5. The monoisotopic (exact) mass is 455 g/mol. The Kier molecular flexibility index (Phi) is 6.72. The highest BCUT2D eigenvalue weighted by Crippen LogP contribution is 2.19. The quantitative estimate of drug-likeness (QED) is 0.556. The first kappa shape index (κ1) is 22.2. The lowest BCUT2D eigenvalue weighted by molar-refractivity contribution is 0.0953. The van der Waals surface area contributed by atoms with Crippen LogP contribution in [-0.4, -0.2) is 57.1 Å². The van der Waals surface area contributed by atoms with Crippen molar-refractivity contribution in [2.75, 3.05) is 43.4 Å². The maximum Gasteiger partial charge on any atom is 0.251 e. The van der Waals surface area contributed by atoms with E-state index >= 15 is 0 Å². The number of rotatable bonds is 7. The van der Waals surface area contributed by atoms with Gasteiger partial charge < -0.3 is 10.2 Å². The van der Waals surface area contributed by atoms with Gasteiger partial charge in [-0.05, 0) is 53.6 Å². The van der Waals surface area contributed by atoms with E-state index in [4.69, 9.17) is 0 Å².